The summed E-state index contributed by atoms with van der Waals surface area (Å²) in [6, 6.07) is 17.6. The molecule has 3 heterocycles. The van der Waals surface area contributed by atoms with Gasteiger partial charge in [0.05, 0.1) is 23.7 Å². The smallest absolute Gasteiger partial charge is 0.258 e. The first-order valence-corrected chi connectivity index (χ1v) is 12.5. The van der Waals surface area contributed by atoms with Crippen LogP contribution in [0.25, 0.3) is 11.3 Å². The first kappa shape index (κ1) is 22.4. The number of morpholine rings is 1. The monoisotopic (exact) mass is 479 g/mol. The molecule has 3 aromatic rings. The lowest BCUT2D eigenvalue weighted by molar-refractivity contribution is 0.0689. The molecular formula is C25H25N3O5S. The molecule has 2 aliphatic rings. The second kappa shape index (κ2) is 9.09. The maximum absolute atomic E-state index is 13.1. The van der Waals surface area contributed by atoms with Gasteiger partial charge in [-0.1, -0.05) is 18.2 Å². The summed E-state index contributed by atoms with van der Waals surface area (Å²) < 4.78 is 38.6. The number of para-hydroxylation sites is 1. The van der Waals surface area contributed by atoms with Gasteiger partial charge in [0.1, 0.15) is 11.5 Å². The van der Waals surface area contributed by atoms with Gasteiger partial charge in [-0.3, -0.25) is 4.79 Å². The molecule has 1 atom stereocenters. The minimum absolute atomic E-state index is 0.102. The second-order valence-corrected chi connectivity index (χ2v) is 10.0. The molecule has 2 aromatic carbocycles. The third-order valence-electron chi connectivity index (χ3n) is 5.99. The van der Waals surface area contributed by atoms with Gasteiger partial charge in [0.15, 0.2) is 6.17 Å². The van der Waals surface area contributed by atoms with Gasteiger partial charge in [-0.25, -0.2) is 8.42 Å². The van der Waals surface area contributed by atoms with Gasteiger partial charge in [-0.2, -0.15) is 4.31 Å². The van der Waals surface area contributed by atoms with Crippen molar-refractivity contribution < 1.29 is 22.4 Å². The zero-order valence-corrected chi connectivity index (χ0v) is 19.3. The van der Waals surface area contributed by atoms with E-state index in [1.165, 1.54) is 4.31 Å². The molecule has 176 valence electrons. The molecule has 0 aliphatic carbocycles. The molecule has 1 saturated heterocycles. The Morgan fingerprint density at radius 1 is 1.03 bits per heavy atom. The van der Waals surface area contributed by atoms with Crippen molar-refractivity contribution in [1.82, 2.24) is 9.21 Å². The lowest BCUT2D eigenvalue weighted by Crippen LogP contribution is -2.42. The molecule has 8 nitrogen and oxygen atoms in total. The highest BCUT2D eigenvalue weighted by Crippen LogP contribution is 2.35. The summed E-state index contributed by atoms with van der Waals surface area (Å²) in [5, 5.41) is 3.38. The van der Waals surface area contributed by atoms with Gasteiger partial charge in [-0.15, -0.1) is 6.58 Å². The van der Waals surface area contributed by atoms with Gasteiger partial charge in [0, 0.05) is 30.9 Å². The van der Waals surface area contributed by atoms with Crippen molar-refractivity contribution in [3.8, 4) is 11.3 Å². The number of benzene rings is 2. The van der Waals surface area contributed by atoms with Crippen molar-refractivity contribution in [3.63, 3.8) is 0 Å². The number of hydrogen-bond acceptors (Lipinski definition) is 6. The number of carbonyl (C=O) groups excluding carboxylic acids is 1. The maximum Gasteiger partial charge on any atom is 0.258 e. The van der Waals surface area contributed by atoms with E-state index in [0.29, 0.717) is 49.9 Å². The molecule has 9 heteroatoms. The number of nitrogens with one attached hydrogen (secondary N) is 1. The van der Waals surface area contributed by atoms with E-state index in [0.717, 1.165) is 11.3 Å². The molecule has 0 unspecified atom stereocenters. The van der Waals surface area contributed by atoms with Gasteiger partial charge in [-0.05, 0) is 48.5 Å². The Morgan fingerprint density at radius 3 is 2.50 bits per heavy atom. The van der Waals surface area contributed by atoms with Crippen LogP contribution in [0.5, 0.6) is 0 Å². The number of amides is 1. The van der Waals surface area contributed by atoms with E-state index in [-0.39, 0.29) is 10.8 Å². The van der Waals surface area contributed by atoms with Gasteiger partial charge < -0.3 is 19.4 Å². The van der Waals surface area contributed by atoms with E-state index in [1.807, 2.05) is 30.3 Å². The van der Waals surface area contributed by atoms with E-state index < -0.39 is 16.2 Å². The van der Waals surface area contributed by atoms with Crippen molar-refractivity contribution in [3.05, 3.63) is 84.6 Å². The predicted octanol–water partition coefficient (Wildman–Crippen LogP) is 3.72. The lowest BCUT2D eigenvalue weighted by atomic mass is 10.1. The van der Waals surface area contributed by atoms with Crippen LogP contribution in [0.15, 0.2) is 82.6 Å². The summed E-state index contributed by atoms with van der Waals surface area (Å²) in [5.41, 5.74) is 2.09. The number of nitrogens with zero attached hydrogens (tertiary/aromatic N) is 2. The summed E-state index contributed by atoms with van der Waals surface area (Å²) in [7, 11) is -3.56. The molecule has 5 rings (SSSR count). The molecule has 2 aliphatic heterocycles. The average Bonchev–Trinajstić information content (AvgIpc) is 3.36. The largest absolute Gasteiger partial charge is 0.457 e. The van der Waals surface area contributed by atoms with E-state index in [1.54, 1.807) is 41.3 Å². The molecule has 1 N–H and O–H groups in total. The van der Waals surface area contributed by atoms with E-state index in [2.05, 4.69) is 11.9 Å². The highest BCUT2D eigenvalue weighted by atomic mass is 32.2. The first-order valence-electron chi connectivity index (χ1n) is 11.0. The van der Waals surface area contributed by atoms with Crippen LogP contribution in [0, 0.1) is 0 Å². The average molecular weight is 480 g/mol. The third kappa shape index (κ3) is 4.02. The lowest BCUT2D eigenvalue weighted by Gasteiger charge is -2.36. The van der Waals surface area contributed by atoms with Crippen molar-refractivity contribution in [2.75, 3.05) is 38.2 Å². The molecule has 0 saturated carbocycles. The van der Waals surface area contributed by atoms with Crippen LogP contribution in [0.2, 0.25) is 0 Å². The summed E-state index contributed by atoms with van der Waals surface area (Å²) in [6.45, 7) is 5.63. The van der Waals surface area contributed by atoms with Crippen LogP contribution in [-0.4, -0.2) is 56.4 Å². The third-order valence-corrected chi connectivity index (χ3v) is 7.90. The van der Waals surface area contributed by atoms with Crippen LogP contribution in [-0.2, 0) is 14.8 Å². The zero-order valence-electron chi connectivity index (χ0n) is 18.5. The summed E-state index contributed by atoms with van der Waals surface area (Å²) in [5.74, 6) is 1.05. The Hall–Kier alpha value is -3.40. The fourth-order valence-electron chi connectivity index (χ4n) is 4.23. The normalized spacial score (nSPS) is 18.9. The molecular weight excluding hydrogens is 454 g/mol. The molecule has 1 aromatic heterocycles. The number of ether oxygens (including phenoxy) is 1. The summed E-state index contributed by atoms with van der Waals surface area (Å²) >= 11 is 0. The number of sulfonamides is 1. The van der Waals surface area contributed by atoms with E-state index in [4.69, 9.17) is 9.15 Å². The topological polar surface area (TPSA) is 92.1 Å². The number of carbonyl (C=O) groups is 1. The summed E-state index contributed by atoms with van der Waals surface area (Å²) in [6.07, 6.45) is 1.19. The SMILES string of the molecule is C=CCN1C(=O)c2ccccc2N[C@@H]1c1ccc(-c2ccc(S(=O)(=O)N3CCOCC3)cc2)o1. The maximum atomic E-state index is 13.1. The fraction of sp³-hybridized carbons (Fsp3) is 0.240. The van der Waals surface area contributed by atoms with Gasteiger partial charge in [0.25, 0.3) is 5.91 Å². The quantitative estimate of drug-likeness (QED) is 0.542. The van der Waals surface area contributed by atoms with Crippen molar-refractivity contribution in [1.29, 1.82) is 0 Å². The molecule has 0 spiro atoms. The molecule has 1 fully saturated rings. The number of fused-ring (bicyclic) bond motifs is 1. The van der Waals surface area contributed by atoms with Crippen molar-refractivity contribution >= 4 is 21.6 Å². The number of hydrogen-bond donors (Lipinski definition) is 1. The fourth-order valence-corrected chi connectivity index (χ4v) is 5.63. The molecule has 1 amide bonds. The Bertz CT molecular complexity index is 1310. The van der Waals surface area contributed by atoms with E-state index in [9.17, 15) is 13.2 Å². The van der Waals surface area contributed by atoms with Crippen LogP contribution in [0.1, 0.15) is 22.3 Å². The van der Waals surface area contributed by atoms with Crippen molar-refractivity contribution in [2.24, 2.45) is 0 Å². The highest BCUT2D eigenvalue weighted by molar-refractivity contribution is 7.89. The molecule has 0 radical (unpaired) electrons. The number of furan rings is 1. The first-order chi connectivity index (χ1) is 16.5. The number of anilines is 1. The van der Waals surface area contributed by atoms with Crippen LogP contribution in [0.4, 0.5) is 5.69 Å². The Labute approximate surface area is 198 Å². The molecule has 34 heavy (non-hydrogen) atoms. The van der Waals surface area contributed by atoms with E-state index >= 15 is 0 Å². The Kier molecular flexibility index (Phi) is 5.99. The Morgan fingerprint density at radius 2 is 1.76 bits per heavy atom. The zero-order chi connectivity index (χ0) is 23.7. The van der Waals surface area contributed by atoms with Crippen LogP contribution in [0.3, 0.4) is 0 Å². The molecule has 0 bridgehead atoms. The van der Waals surface area contributed by atoms with Gasteiger partial charge >= 0.3 is 0 Å². The van der Waals surface area contributed by atoms with Crippen molar-refractivity contribution in [2.45, 2.75) is 11.1 Å². The van der Waals surface area contributed by atoms with Crippen LogP contribution < -0.4 is 5.32 Å². The highest BCUT2D eigenvalue weighted by Gasteiger charge is 2.34. The predicted molar refractivity (Wildman–Crippen MR) is 128 cm³/mol. The Balaban J connectivity index is 1.40. The summed E-state index contributed by atoms with van der Waals surface area (Å²) in [4.78, 5) is 15.0. The minimum Gasteiger partial charge on any atom is -0.457 e. The number of rotatable bonds is 6. The van der Waals surface area contributed by atoms with Crippen LogP contribution >= 0.6 is 0 Å². The minimum atomic E-state index is -3.56. The van der Waals surface area contributed by atoms with Gasteiger partial charge in [0.2, 0.25) is 10.0 Å². The standard InChI is InChI=1S/C25H25N3O5S/c1-2-13-28-24(26-21-6-4-3-5-20(21)25(28)29)23-12-11-22(33-23)18-7-9-19(10-8-18)34(30,31)27-14-16-32-17-15-27/h2-12,24,26H,1,13-17H2/t24-/m0/s1. The second-order valence-electron chi connectivity index (χ2n) is 8.08.